The van der Waals surface area contributed by atoms with Crippen LogP contribution in [0.2, 0.25) is 0 Å². The molecule has 1 aromatic heterocycles. The first kappa shape index (κ1) is 15.0. The fourth-order valence-electron chi connectivity index (χ4n) is 2.27. The number of rotatable bonds is 5. The van der Waals surface area contributed by atoms with Crippen LogP contribution in [0.25, 0.3) is 0 Å². The van der Waals surface area contributed by atoms with Gasteiger partial charge in [-0.15, -0.1) is 0 Å². The lowest BCUT2D eigenvalue weighted by molar-refractivity contribution is 0.312. The van der Waals surface area contributed by atoms with E-state index < -0.39 is 0 Å². The maximum absolute atomic E-state index is 8.85. The Morgan fingerprint density at radius 2 is 1.95 bits per heavy atom. The molecule has 0 atom stereocenters. The predicted molar refractivity (Wildman–Crippen MR) is 83.1 cm³/mol. The van der Waals surface area contributed by atoms with Crippen LogP contribution in [0.15, 0.2) is 47.6 Å². The van der Waals surface area contributed by atoms with Gasteiger partial charge in [0.2, 0.25) is 0 Å². The van der Waals surface area contributed by atoms with E-state index in [2.05, 4.69) is 15.0 Å². The summed E-state index contributed by atoms with van der Waals surface area (Å²) in [5.41, 5.74) is 9.52. The first-order valence-electron chi connectivity index (χ1n) is 6.77. The highest BCUT2D eigenvalue weighted by molar-refractivity contribution is 5.98. The van der Waals surface area contributed by atoms with Crippen LogP contribution in [0.4, 0.5) is 0 Å². The molecule has 0 radical (unpaired) electrons. The summed E-state index contributed by atoms with van der Waals surface area (Å²) < 4.78 is 0. The SMILES string of the molecule is Cc1cccc(CN(C)Cc2ccccc2/C(N)=N/O)n1. The average molecular weight is 284 g/mol. The molecule has 5 nitrogen and oxygen atoms in total. The van der Waals surface area contributed by atoms with E-state index in [0.29, 0.717) is 6.54 Å². The normalized spacial score (nSPS) is 11.9. The summed E-state index contributed by atoms with van der Waals surface area (Å²) in [5.74, 6) is 0.132. The summed E-state index contributed by atoms with van der Waals surface area (Å²) in [5, 5.41) is 11.9. The van der Waals surface area contributed by atoms with E-state index in [0.717, 1.165) is 29.1 Å². The smallest absolute Gasteiger partial charge is 0.170 e. The van der Waals surface area contributed by atoms with Gasteiger partial charge in [0, 0.05) is 24.3 Å². The van der Waals surface area contributed by atoms with Crippen LogP contribution in [0.1, 0.15) is 22.5 Å². The second kappa shape index (κ2) is 6.85. The van der Waals surface area contributed by atoms with Crippen molar-refractivity contribution in [3.05, 3.63) is 65.0 Å². The predicted octanol–water partition coefficient (Wildman–Crippen LogP) is 2.12. The highest BCUT2D eigenvalue weighted by atomic mass is 16.4. The van der Waals surface area contributed by atoms with E-state index in [1.165, 1.54) is 0 Å². The van der Waals surface area contributed by atoms with Crippen molar-refractivity contribution in [2.45, 2.75) is 20.0 Å². The second-order valence-corrected chi connectivity index (χ2v) is 5.08. The van der Waals surface area contributed by atoms with Gasteiger partial charge in [-0.1, -0.05) is 35.5 Å². The van der Waals surface area contributed by atoms with Crippen molar-refractivity contribution in [1.29, 1.82) is 0 Å². The molecule has 0 amide bonds. The fraction of sp³-hybridized carbons (Fsp3) is 0.250. The minimum atomic E-state index is 0.132. The van der Waals surface area contributed by atoms with Crippen LogP contribution < -0.4 is 5.73 Å². The maximum atomic E-state index is 8.85. The van der Waals surface area contributed by atoms with Crippen molar-refractivity contribution in [2.24, 2.45) is 10.9 Å². The molecule has 5 heteroatoms. The largest absolute Gasteiger partial charge is 0.409 e. The number of oxime groups is 1. The number of aromatic nitrogens is 1. The number of hydrogen-bond acceptors (Lipinski definition) is 4. The summed E-state index contributed by atoms with van der Waals surface area (Å²) in [6.07, 6.45) is 0. The van der Waals surface area contributed by atoms with Gasteiger partial charge < -0.3 is 10.9 Å². The average Bonchev–Trinajstić information content (AvgIpc) is 2.47. The number of aryl methyl sites for hydroxylation is 1. The van der Waals surface area contributed by atoms with Crippen molar-refractivity contribution in [2.75, 3.05) is 7.05 Å². The third-order valence-electron chi connectivity index (χ3n) is 3.22. The summed E-state index contributed by atoms with van der Waals surface area (Å²) in [7, 11) is 2.02. The summed E-state index contributed by atoms with van der Waals surface area (Å²) in [6, 6.07) is 13.7. The van der Waals surface area contributed by atoms with Gasteiger partial charge in [0.05, 0.1) is 5.69 Å². The molecule has 0 bridgehead atoms. The van der Waals surface area contributed by atoms with Crippen molar-refractivity contribution >= 4 is 5.84 Å². The molecule has 1 aromatic carbocycles. The fourth-order valence-corrected chi connectivity index (χ4v) is 2.27. The Balaban J connectivity index is 2.11. The number of amidine groups is 1. The van der Waals surface area contributed by atoms with Gasteiger partial charge >= 0.3 is 0 Å². The topological polar surface area (TPSA) is 74.7 Å². The van der Waals surface area contributed by atoms with E-state index in [4.69, 9.17) is 10.9 Å². The van der Waals surface area contributed by atoms with Gasteiger partial charge in [-0.05, 0) is 31.7 Å². The highest BCUT2D eigenvalue weighted by Gasteiger charge is 2.09. The van der Waals surface area contributed by atoms with E-state index >= 15 is 0 Å². The van der Waals surface area contributed by atoms with Crippen molar-refractivity contribution in [3.8, 4) is 0 Å². The third kappa shape index (κ3) is 4.03. The van der Waals surface area contributed by atoms with Crippen molar-refractivity contribution < 1.29 is 5.21 Å². The maximum Gasteiger partial charge on any atom is 0.170 e. The zero-order chi connectivity index (χ0) is 15.2. The molecule has 0 spiro atoms. The van der Waals surface area contributed by atoms with Crippen LogP contribution in [-0.4, -0.2) is 28.0 Å². The first-order valence-corrected chi connectivity index (χ1v) is 6.77. The molecule has 0 unspecified atom stereocenters. The van der Waals surface area contributed by atoms with Crippen molar-refractivity contribution in [3.63, 3.8) is 0 Å². The second-order valence-electron chi connectivity index (χ2n) is 5.08. The van der Waals surface area contributed by atoms with Crippen LogP contribution in [0.3, 0.4) is 0 Å². The molecule has 110 valence electrons. The molecule has 1 heterocycles. The number of hydrogen-bond donors (Lipinski definition) is 2. The highest BCUT2D eigenvalue weighted by Crippen LogP contribution is 2.12. The van der Waals surface area contributed by atoms with E-state index in [-0.39, 0.29) is 5.84 Å². The van der Waals surface area contributed by atoms with Crippen LogP contribution in [-0.2, 0) is 13.1 Å². The minimum absolute atomic E-state index is 0.132. The number of benzene rings is 1. The Morgan fingerprint density at radius 3 is 2.67 bits per heavy atom. The van der Waals surface area contributed by atoms with Crippen molar-refractivity contribution in [1.82, 2.24) is 9.88 Å². The monoisotopic (exact) mass is 284 g/mol. The molecule has 3 N–H and O–H groups in total. The van der Waals surface area contributed by atoms with E-state index in [9.17, 15) is 0 Å². The molecule has 2 rings (SSSR count). The molecular weight excluding hydrogens is 264 g/mol. The van der Waals surface area contributed by atoms with Gasteiger partial charge in [0.1, 0.15) is 0 Å². The molecule has 0 aliphatic heterocycles. The minimum Gasteiger partial charge on any atom is -0.409 e. The lowest BCUT2D eigenvalue weighted by atomic mass is 10.1. The first-order chi connectivity index (χ1) is 10.1. The Labute approximate surface area is 124 Å². The Kier molecular flexibility index (Phi) is 4.90. The lowest BCUT2D eigenvalue weighted by Gasteiger charge is -2.18. The van der Waals surface area contributed by atoms with Gasteiger partial charge in [-0.3, -0.25) is 9.88 Å². The number of nitrogens with zero attached hydrogens (tertiary/aromatic N) is 3. The Morgan fingerprint density at radius 1 is 1.19 bits per heavy atom. The Hall–Kier alpha value is -2.40. The molecule has 21 heavy (non-hydrogen) atoms. The summed E-state index contributed by atoms with van der Waals surface area (Å²) >= 11 is 0. The van der Waals surface area contributed by atoms with Gasteiger partial charge in [-0.25, -0.2) is 0 Å². The zero-order valence-electron chi connectivity index (χ0n) is 12.3. The lowest BCUT2D eigenvalue weighted by Crippen LogP contribution is -2.22. The Bertz CT molecular complexity index is 640. The van der Waals surface area contributed by atoms with Crippen LogP contribution >= 0.6 is 0 Å². The summed E-state index contributed by atoms with van der Waals surface area (Å²) in [6.45, 7) is 3.42. The van der Waals surface area contributed by atoms with Gasteiger partial charge in [0.25, 0.3) is 0 Å². The van der Waals surface area contributed by atoms with Gasteiger partial charge in [0.15, 0.2) is 5.84 Å². The number of pyridine rings is 1. The zero-order valence-corrected chi connectivity index (χ0v) is 12.3. The molecular formula is C16H20N4O. The van der Waals surface area contributed by atoms with Gasteiger partial charge in [-0.2, -0.15) is 0 Å². The van der Waals surface area contributed by atoms with Crippen LogP contribution in [0, 0.1) is 6.92 Å². The van der Waals surface area contributed by atoms with Crippen LogP contribution in [0.5, 0.6) is 0 Å². The molecule has 0 aliphatic carbocycles. The van der Waals surface area contributed by atoms with E-state index in [1.54, 1.807) is 0 Å². The quantitative estimate of drug-likeness (QED) is 0.382. The molecule has 0 fully saturated rings. The molecule has 0 saturated heterocycles. The summed E-state index contributed by atoms with van der Waals surface area (Å²) in [4.78, 5) is 6.64. The number of nitrogens with two attached hydrogens (primary N) is 1. The molecule has 0 saturated carbocycles. The van der Waals surface area contributed by atoms with E-state index in [1.807, 2.05) is 56.4 Å². The standard InChI is InChI=1S/C16H20N4O/c1-12-6-5-8-14(18-12)11-20(2)10-13-7-3-4-9-15(13)16(17)19-21/h3-9,21H,10-11H2,1-2H3,(H2,17,19). The molecule has 0 aliphatic rings. The molecule has 2 aromatic rings. The third-order valence-corrected chi connectivity index (χ3v) is 3.22.